The third kappa shape index (κ3) is 3.72. The van der Waals surface area contributed by atoms with Gasteiger partial charge in [-0.1, -0.05) is 6.92 Å². The first-order chi connectivity index (χ1) is 11.7. The van der Waals surface area contributed by atoms with Gasteiger partial charge in [0.05, 0.1) is 11.9 Å². The second-order valence-corrected chi connectivity index (χ2v) is 6.11. The Bertz CT molecular complexity index is 685. The highest BCUT2D eigenvalue weighted by atomic mass is 19.1. The molecule has 0 bridgehead atoms. The number of aromatic nitrogens is 1. The van der Waals surface area contributed by atoms with Gasteiger partial charge in [0.2, 0.25) is 0 Å². The maximum atomic E-state index is 12.9. The van der Waals surface area contributed by atoms with Gasteiger partial charge in [-0.15, -0.1) is 0 Å². The van der Waals surface area contributed by atoms with Gasteiger partial charge in [0, 0.05) is 18.2 Å². The lowest BCUT2D eigenvalue weighted by molar-refractivity contribution is 0.102. The van der Waals surface area contributed by atoms with E-state index in [4.69, 9.17) is 0 Å². The lowest BCUT2D eigenvalue weighted by Crippen LogP contribution is -2.39. The zero-order valence-corrected chi connectivity index (χ0v) is 13.8. The smallest absolute Gasteiger partial charge is 0.256 e. The van der Waals surface area contributed by atoms with Crippen LogP contribution in [0.4, 0.5) is 15.9 Å². The molecule has 1 N–H and O–H groups in total. The van der Waals surface area contributed by atoms with E-state index in [0.717, 1.165) is 18.7 Å². The Morgan fingerprint density at radius 1 is 1.25 bits per heavy atom. The van der Waals surface area contributed by atoms with Gasteiger partial charge in [-0.3, -0.25) is 4.79 Å². The molecule has 2 aromatic rings. The largest absolute Gasteiger partial charge is 0.367 e. The standard InChI is InChI=1S/C19H22FN3O/c1-2-16-5-3-4-12-23(16)17-10-11-18(21-13-17)22-19(24)14-6-8-15(20)9-7-14/h6-11,13,16H,2-5,12H2,1H3,(H,21,22,24). The molecular formula is C19H22FN3O. The van der Waals surface area contributed by atoms with Crippen LogP contribution in [0.15, 0.2) is 42.6 Å². The molecule has 0 aliphatic carbocycles. The summed E-state index contributed by atoms with van der Waals surface area (Å²) in [4.78, 5) is 18.9. The molecule has 4 nitrogen and oxygen atoms in total. The number of carbonyl (C=O) groups is 1. The number of carbonyl (C=O) groups excluding carboxylic acids is 1. The van der Waals surface area contributed by atoms with E-state index in [1.165, 1.54) is 43.5 Å². The van der Waals surface area contributed by atoms with Crippen LogP contribution in [0.5, 0.6) is 0 Å². The maximum absolute atomic E-state index is 12.9. The van der Waals surface area contributed by atoms with E-state index >= 15 is 0 Å². The Labute approximate surface area is 141 Å². The minimum atomic E-state index is -0.360. The molecule has 2 heterocycles. The number of piperidine rings is 1. The Hall–Kier alpha value is -2.43. The third-order valence-electron chi connectivity index (χ3n) is 4.53. The van der Waals surface area contributed by atoms with Crippen LogP contribution < -0.4 is 10.2 Å². The second-order valence-electron chi connectivity index (χ2n) is 6.11. The molecular weight excluding hydrogens is 305 g/mol. The van der Waals surface area contributed by atoms with Gasteiger partial charge in [0.1, 0.15) is 11.6 Å². The molecule has 1 fully saturated rings. The number of hydrogen-bond donors (Lipinski definition) is 1. The van der Waals surface area contributed by atoms with E-state index in [9.17, 15) is 9.18 Å². The zero-order chi connectivity index (χ0) is 16.9. The van der Waals surface area contributed by atoms with Gasteiger partial charge < -0.3 is 10.2 Å². The number of halogens is 1. The predicted octanol–water partition coefficient (Wildman–Crippen LogP) is 4.24. The fourth-order valence-corrected chi connectivity index (χ4v) is 3.18. The fraction of sp³-hybridized carbons (Fsp3) is 0.368. The summed E-state index contributed by atoms with van der Waals surface area (Å²) in [5.74, 6) is -0.154. The third-order valence-corrected chi connectivity index (χ3v) is 4.53. The van der Waals surface area contributed by atoms with Crippen LogP contribution in [-0.2, 0) is 0 Å². The lowest BCUT2D eigenvalue weighted by Gasteiger charge is -2.37. The monoisotopic (exact) mass is 327 g/mol. The molecule has 1 atom stereocenters. The van der Waals surface area contributed by atoms with Gasteiger partial charge in [-0.05, 0) is 62.1 Å². The van der Waals surface area contributed by atoms with Crippen molar-refractivity contribution in [3.05, 3.63) is 54.0 Å². The van der Waals surface area contributed by atoms with Crippen molar-refractivity contribution in [1.82, 2.24) is 4.98 Å². The van der Waals surface area contributed by atoms with E-state index < -0.39 is 0 Å². The molecule has 126 valence electrons. The average molecular weight is 327 g/mol. The summed E-state index contributed by atoms with van der Waals surface area (Å²) < 4.78 is 12.9. The Morgan fingerprint density at radius 3 is 2.71 bits per heavy atom. The van der Waals surface area contributed by atoms with Crippen molar-refractivity contribution < 1.29 is 9.18 Å². The molecule has 0 saturated carbocycles. The number of rotatable bonds is 4. The van der Waals surface area contributed by atoms with E-state index in [0.29, 0.717) is 17.4 Å². The molecule has 1 aromatic heterocycles. The highest BCUT2D eigenvalue weighted by Crippen LogP contribution is 2.26. The van der Waals surface area contributed by atoms with Crippen molar-refractivity contribution in [2.24, 2.45) is 0 Å². The fourth-order valence-electron chi connectivity index (χ4n) is 3.18. The average Bonchev–Trinajstić information content (AvgIpc) is 2.63. The first-order valence-electron chi connectivity index (χ1n) is 8.47. The van der Waals surface area contributed by atoms with Crippen molar-refractivity contribution in [2.75, 3.05) is 16.8 Å². The van der Waals surface area contributed by atoms with Crippen LogP contribution in [-0.4, -0.2) is 23.5 Å². The molecule has 5 heteroatoms. The SMILES string of the molecule is CCC1CCCCN1c1ccc(NC(=O)c2ccc(F)cc2)nc1. The van der Waals surface area contributed by atoms with Crippen molar-refractivity contribution >= 4 is 17.4 Å². The van der Waals surface area contributed by atoms with Crippen molar-refractivity contribution in [2.45, 2.75) is 38.6 Å². The summed E-state index contributed by atoms with van der Waals surface area (Å²) in [7, 11) is 0. The normalized spacial score (nSPS) is 17.6. The van der Waals surface area contributed by atoms with Crippen LogP contribution in [0.25, 0.3) is 0 Å². The summed E-state index contributed by atoms with van der Waals surface area (Å²) in [5.41, 5.74) is 1.51. The second kappa shape index (κ2) is 7.43. The highest BCUT2D eigenvalue weighted by molar-refractivity contribution is 6.03. The lowest BCUT2D eigenvalue weighted by atomic mass is 9.99. The number of amides is 1. The predicted molar refractivity (Wildman–Crippen MR) is 93.9 cm³/mol. The van der Waals surface area contributed by atoms with Crippen molar-refractivity contribution in [3.63, 3.8) is 0 Å². The molecule has 0 radical (unpaired) electrons. The number of nitrogens with zero attached hydrogens (tertiary/aromatic N) is 2. The first kappa shape index (κ1) is 16.4. The maximum Gasteiger partial charge on any atom is 0.256 e. The number of benzene rings is 1. The van der Waals surface area contributed by atoms with Gasteiger partial charge in [0.15, 0.2) is 0 Å². The number of nitrogens with one attached hydrogen (secondary N) is 1. The van der Waals surface area contributed by atoms with Crippen LogP contribution in [0.1, 0.15) is 43.0 Å². The quantitative estimate of drug-likeness (QED) is 0.913. The summed E-state index contributed by atoms with van der Waals surface area (Å²) in [6, 6.07) is 9.84. The van der Waals surface area contributed by atoms with E-state index in [1.807, 2.05) is 18.3 Å². The van der Waals surface area contributed by atoms with Crippen molar-refractivity contribution in [1.29, 1.82) is 0 Å². The molecule has 1 saturated heterocycles. The molecule has 1 aromatic carbocycles. The minimum Gasteiger partial charge on any atom is -0.367 e. The Kier molecular flexibility index (Phi) is 5.08. The minimum absolute atomic E-state index is 0.292. The highest BCUT2D eigenvalue weighted by Gasteiger charge is 2.21. The van der Waals surface area contributed by atoms with E-state index in [1.54, 1.807) is 0 Å². The number of anilines is 2. The van der Waals surface area contributed by atoms with Crippen LogP contribution in [0.2, 0.25) is 0 Å². The topological polar surface area (TPSA) is 45.2 Å². The molecule has 3 rings (SSSR count). The van der Waals surface area contributed by atoms with Crippen LogP contribution in [0.3, 0.4) is 0 Å². The Morgan fingerprint density at radius 2 is 2.04 bits per heavy atom. The summed E-state index contributed by atoms with van der Waals surface area (Å²) >= 11 is 0. The first-order valence-corrected chi connectivity index (χ1v) is 8.47. The number of pyridine rings is 1. The molecule has 1 aliphatic heterocycles. The molecule has 1 aliphatic rings. The van der Waals surface area contributed by atoms with Gasteiger partial charge in [-0.25, -0.2) is 9.37 Å². The number of hydrogen-bond acceptors (Lipinski definition) is 3. The summed E-state index contributed by atoms with van der Waals surface area (Å²) in [6.07, 6.45) is 6.66. The van der Waals surface area contributed by atoms with E-state index in [-0.39, 0.29) is 11.7 Å². The van der Waals surface area contributed by atoms with Gasteiger partial charge in [-0.2, -0.15) is 0 Å². The van der Waals surface area contributed by atoms with Crippen LogP contribution >= 0.6 is 0 Å². The molecule has 24 heavy (non-hydrogen) atoms. The molecule has 0 spiro atoms. The van der Waals surface area contributed by atoms with Gasteiger partial charge >= 0.3 is 0 Å². The zero-order valence-electron chi connectivity index (χ0n) is 13.8. The van der Waals surface area contributed by atoms with Crippen LogP contribution in [0, 0.1) is 5.82 Å². The molecule has 1 unspecified atom stereocenters. The van der Waals surface area contributed by atoms with Gasteiger partial charge in [0.25, 0.3) is 5.91 Å². The molecule has 1 amide bonds. The van der Waals surface area contributed by atoms with E-state index in [2.05, 4.69) is 22.1 Å². The van der Waals surface area contributed by atoms with Crippen molar-refractivity contribution in [3.8, 4) is 0 Å². The summed E-state index contributed by atoms with van der Waals surface area (Å²) in [6.45, 7) is 3.27. The Balaban J connectivity index is 1.68. The summed E-state index contributed by atoms with van der Waals surface area (Å²) in [5, 5.41) is 2.74.